The summed E-state index contributed by atoms with van der Waals surface area (Å²) in [5.41, 5.74) is 1.17. The van der Waals surface area contributed by atoms with E-state index in [2.05, 4.69) is 0 Å². The maximum atomic E-state index is 14.9. The first kappa shape index (κ1) is 23.9. The number of hydrogen-bond donors (Lipinski definition) is 0. The van der Waals surface area contributed by atoms with Gasteiger partial charge >= 0.3 is 0 Å². The lowest BCUT2D eigenvalue weighted by Crippen LogP contribution is -2.52. The first-order valence-corrected chi connectivity index (χ1v) is 11.6. The highest BCUT2D eigenvalue weighted by Gasteiger charge is 2.31. The topological polar surface area (TPSA) is 106 Å². The largest absolute Gasteiger partial charge is 0.335 e. The van der Waals surface area contributed by atoms with Crippen LogP contribution in [0.4, 0.5) is 10.1 Å². The molecule has 2 heterocycles. The second kappa shape index (κ2) is 9.65. The Bertz CT molecular complexity index is 1520. The number of aromatic nitrogens is 1. The van der Waals surface area contributed by atoms with Crippen LogP contribution in [0.5, 0.6) is 0 Å². The molecular weight excluding hydrogens is 479 g/mol. The van der Waals surface area contributed by atoms with Crippen LogP contribution in [0.2, 0.25) is 0 Å². The van der Waals surface area contributed by atoms with Gasteiger partial charge in [-0.25, -0.2) is 4.39 Å². The second-order valence-corrected chi connectivity index (χ2v) is 8.60. The van der Waals surface area contributed by atoms with E-state index in [9.17, 15) is 28.9 Å². The average Bonchev–Trinajstić information content (AvgIpc) is 3.33. The van der Waals surface area contributed by atoms with Crippen molar-refractivity contribution in [2.45, 2.75) is 0 Å². The zero-order valence-corrected chi connectivity index (χ0v) is 19.5. The predicted octanol–water partition coefficient (Wildman–Crippen LogP) is 3.85. The number of halogens is 1. The molecule has 9 nitrogen and oxygen atoms in total. The third-order valence-corrected chi connectivity index (χ3v) is 6.43. The standard InChI is InChI=1S/C27H21FN4O5/c28-22-7-4-8-23-24(22)21(17-31(23)19-9-11-20(12-10-19)32(36)37)25(33)27(35)30-15-13-29(14-16-30)26(34)18-5-2-1-3-6-18/h1-12,17H,13-16H2. The number of non-ortho nitro benzene ring substituents is 1. The molecule has 5 rings (SSSR count). The number of hydrogen-bond acceptors (Lipinski definition) is 5. The molecule has 1 fully saturated rings. The van der Waals surface area contributed by atoms with E-state index in [1.54, 1.807) is 35.2 Å². The SMILES string of the molecule is O=C(C(=O)N1CCN(C(=O)c2ccccc2)CC1)c1cn(-c2ccc([N+](=O)[O-])cc2)c2cccc(F)c12. The van der Waals surface area contributed by atoms with Crippen molar-refractivity contribution < 1.29 is 23.7 Å². The smallest absolute Gasteiger partial charge is 0.295 e. The molecule has 37 heavy (non-hydrogen) atoms. The van der Waals surface area contributed by atoms with Crippen molar-refractivity contribution in [3.63, 3.8) is 0 Å². The molecule has 0 radical (unpaired) electrons. The number of piperazine rings is 1. The summed E-state index contributed by atoms with van der Waals surface area (Å²) in [6.07, 6.45) is 1.38. The van der Waals surface area contributed by atoms with Gasteiger partial charge in [-0.15, -0.1) is 0 Å². The Kier molecular flexibility index (Phi) is 6.22. The summed E-state index contributed by atoms with van der Waals surface area (Å²) in [6, 6.07) is 18.7. The van der Waals surface area contributed by atoms with Crippen LogP contribution in [-0.2, 0) is 4.79 Å². The average molecular weight is 500 g/mol. The fourth-order valence-corrected chi connectivity index (χ4v) is 4.50. The molecule has 1 aliphatic heterocycles. The highest BCUT2D eigenvalue weighted by atomic mass is 19.1. The molecule has 0 saturated carbocycles. The fraction of sp³-hybridized carbons (Fsp3) is 0.148. The van der Waals surface area contributed by atoms with Crippen LogP contribution in [0.25, 0.3) is 16.6 Å². The Morgan fingerprint density at radius 3 is 2.11 bits per heavy atom. The molecule has 1 aromatic heterocycles. The van der Waals surface area contributed by atoms with Crippen molar-refractivity contribution in [1.29, 1.82) is 0 Å². The number of fused-ring (bicyclic) bond motifs is 1. The van der Waals surface area contributed by atoms with Gasteiger partial charge in [0.15, 0.2) is 0 Å². The summed E-state index contributed by atoms with van der Waals surface area (Å²) < 4.78 is 16.4. The number of amides is 2. The van der Waals surface area contributed by atoms with Gasteiger partial charge in [0.25, 0.3) is 23.3 Å². The number of ketones is 1. The minimum absolute atomic E-state index is 0.00269. The van der Waals surface area contributed by atoms with Crippen LogP contribution < -0.4 is 0 Å². The van der Waals surface area contributed by atoms with Crippen molar-refractivity contribution in [3.8, 4) is 5.69 Å². The lowest BCUT2D eigenvalue weighted by molar-refractivity contribution is -0.384. The normalized spacial score (nSPS) is 13.5. The fourth-order valence-electron chi connectivity index (χ4n) is 4.50. The minimum Gasteiger partial charge on any atom is -0.335 e. The number of nitro groups is 1. The summed E-state index contributed by atoms with van der Waals surface area (Å²) in [5.74, 6) is -2.45. The van der Waals surface area contributed by atoms with Gasteiger partial charge in [-0.1, -0.05) is 24.3 Å². The summed E-state index contributed by atoms with van der Waals surface area (Å²) in [4.78, 5) is 52.6. The van der Waals surface area contributed by atoms with Crippen LogP contribution in [0, 0.1) is 15.9 Å². The van der Waals surface area contributed by atoms with Crippen LogP contribution in [0.15, 0.2) is 79.0 Å². The number of nitro benzene ring substituents is 1. The van der Waals surface area contributed by atoms with E-state index < -0.39 is 22.4 Å². The Labute approximate surface area is 210 Å². The summed E-state index contributed by atoms with van der Waals surface area (Å²) in [6.45, 7) is 0.885. The maximum Gasteiger partial charge on any atom is 0.295 e. The van der Waals surface area contributed by atoms with Gasteiger partial charge in [0, 0.05) is 61.1 Å². The summed E-state index contributed by atoms with van der Waals surface area (Å²) in [5, 5.41) is 11.0. The molecule has 0 spiro atoms. The molecule has 10 heteroatoms. The first-order valence-electron chi connectivity index (χ1n) is 11.6. The number of Topliss-reactive ketones (excluding diaryl/α,β-unsaturated/α-hetero) is 1. The number of carbonyl (C=O) groups is 3. The number of carbonyl (C=O) groups excluding carboxylic acids is 3. The van der Waals surface area contributed by atoms with Crippen LogP contribution in [0.1, 0.15) is 20.7 Å². The zero-order valence-electron chi connectivity index (χ0n) is 19.5. The molecular formula is C27H21FN4O5. The number of benzene rings is 3. The van der Waals surface area contributed by atoms with Crippen LogP contribution in [0.3, 0.4) is 0 Å². The van der Waals surface area contributed by atoms with E-state index >= 15 is 0 Å². The number of nitrogens with zero attached hydrogens (tertiary/aromatic N) is 4. The maximum absolute atomic E-state index is 14.9. The van der Waals surface area contributed by atoms with E-state index in [4.69, 9.17) is 0 Å². The van der Waals surface area contributed by atoms with E-state index in [-0.39, 0.29) is 48.7 Å². The monoisotopic (exact) mass is 500 g/mol. The molecule has 0 unspecified atom stereocenters. The summed E-state index contributed by atoms with van der Waals surface area (Å²) >= 11 is 0. The van der Waals surface area contributed by atoms with Crippen molar-refractivity contribution in [1.82, 2.24) is 14.4 Å². The molecule has 0 aliphatic carbocycles. The van der Waals surface area contributed by atoms with Crippen LogP contribution >= 0.6 is 0 Å². The zero-order chi connectivity index (χ0) is 26.1. The highest BCUT2D eigenvalue weighted by Crippen LogP contribution is 2.29. The molecule has 0 N–H and O–H groups in total. The van der Waals surface area contributed by atoms with Crippen LogP contribution in [-0.4, -0.2) is 63.1 Å². The lowest BCUT2D eigenvalue weighted by Gasteiger charge is -2.34. The van der Waals surface area contributed by atoms with E-state index in [0.717, 1.165) is 0 Å². The van der Waals surface area contributed by atoms with Crippen molar-refractivity contribution >= 4 is 34.2 Å². The third-order valence-electron chi connectivity index (χ3n) is 6.43. The van der Waals surface area contributed by atoms with Gasteiger partial charge in [0.05, 0.1) is 16.0 Å². The molecule has 1 aliphatic rings. The Morgan fingerprint density at radius 2 is 1.46 bits per heavy atom. The lowest BCUT2D eigenvalue weighted by atomic mass is 10.1. The van der Waals surface area contributed by atoms with E-state index in [1.807, 2.05) is 6.07 Å². The Hall–Kier alpha value is -4.86. The van der Waals surface area contributed by atoms with E-state index in [1.165, 1.54) is 52.1 Å². The Balaban J connectivity index is 1.39. The van der Waals surface area contributed by atoms with Crippen molar-refractivity contribution in [2.75, 3.05) is 26.2 Å². The van der Waals surface area contributed by atoms with Gasteiger partial charge < -0.3 is 14.4 Å². The van der Waals surface area contributed by atoms with Gasteiger partial charge in [-0.05, 0) is 36.4 Å². The molecule has 3 aromatic carbocycles. The Morgan fingerprint density at radius 1 is 0.811 bits per heavy atom. The summed E-state index contributed by atoms with van der Waals surface area (Å²) in [7, 11) is 0. The van der Waals surface area contributed by atoms with Crippen molar-refractivity contribution in [2.24, 2.45) is 0 Å². The molecule has 2 amide bonds. The highest BCUT2D eigenvalue weighted by molar-refractivity contribution is 6.45. The van der Waals surface area contributed by atoms with Gasteiger partial charge in [-0.2, -0.15) is 0 Å². The first-order chi connectivity index (χ1) is 17.8. The molecule has 0 bridgehead atoms. The van der Waals surface area contributed by atoms with Crippen molar-refractivity contribution in [3.05, 3.63) is 106 Å². The van der Waals surface area contributed by atoms with Gasteiger partial charge in [0.2, 0.25) is 0 Å². The van der Waals surface area contributed by atoms with Gasteiger partial charge in [-0.3, -0.25) is 24.5 Å². The van der Waals surface area contributed by atoms with Gasteiger partial charge in [0.1, 0.15) is 5.82 Å². The minimum atomic E-state index is -0.862. The molecule has 4 aromatic rings. The van der Waals surface area contributed by atoms with E-state index in [0.29, 0.717) is 16.8 Å². The quantitative estimate of drug-likeness (QED) is 0.179. The third kappa shape index (κ3) is 4.44. The molecule has 186 valence electrons. The second-order valence-electron chi connectivity index (χ2n) is 8.60. The molecule has 0 atom stereocenters. The molecule has 1 saturated heterocycles. The predicted molar refractivity (Wildman–Crippen MR) is 133 cm³/mol. The number of rotatable bonds is 5.